The summed E-state index contributed by atoms with van der Waals surface area (Å²) in [5.41, 5.74) is -1.28. The molecule has 5 rings (SSSR count). The summed E-state index contributed by atoms with van der Waals surface area (Å²) in [7, 11) is 1.54. The van der Waals surface area contributed by atoms with Gasteiger partial charge >= 0.3 is 12.1 Å². The van der Waals surface area contributed by atoms with Crippen LogP contribution in [0.2, 0.25) is 0 Å². The lowest BCUT2D eigenvalue weighted by Gasteiger charge is -2.49. The molecule has 0 aliphatic carbocycles. The summed E-state index contributed by atoms with van der Waals surface area (Å²) in [5.74, 6) is -0.391. The number of rotatable bonds is 3. The highest BCUT2D eigenvalue weighted by atomic mass is 16.3. The number of likely N-dealkylation sites (N-methyl/N-ethyl adjacent to an activating group) is 1. The van der Waals surface area contributed by atoms with Crippen molar-refractivity contribution < 1.29 is 19.5 Å². The number of urea groups is 2. The number of carbonyl (C=O) groups excluding carboxylic acids is 3. The fourth-order valence-corrected chi connectivity index (χ4v) is 5.68. The van der Waals surface area contributed by atoms with E-state index in [1.165, 1.54) is 4.90 Å². The summed E-state index contributed by atoms with van der Waals surface area (Å²) >= 11 is 0. The van der Waals surface area contributed by atoms with Gasteiger partial charge in [0.25, 0.3) is 0 Å². The fourth-order valence-electron chi connectivity index (χ4n) is 5.68. The number of hydrogen-bond acceptors (Lipinski definition) is 6. The van der Waals surface area contributed by atoms with E-state index >= 15 is 0 Å². The number of hydrogen-bond donors (Lipinski definition) is 7. The van der Waals surface area contributed by atoms with Gasteiger partial charge in [-0.15, -0.1) is 0 Å². The first-order valence-corrected chi connectivity index (χ1v) is 11.3. The molecule has 14 heteroatoms. The summed E-state index contributed by atoms with van der Waals surface area (Å²) in [6.07, 6.45) is 1.83. The summed E-state index contributed by atoms with van der Waals surface area (Å²) < 4.78 is 0. The highest BCUT2D eigenvalue weighted by Gasteiger charge is 2.67. The van der Waals surface area contributed by atoms with Crippen molar-refractivity contribution in [2.45, 2.75) is 49.2 Å². The van der Waals surface area contributed by atoms with E-state index in [1.54, 1.807) is 16.8 Å². The van der Waals surface area contributed by atoms with Crippen molar-refractivity contribution in [3.63, 3.8) is 0 Å². The molecule has 0 bridgehead atoms. The third-order valence-electron chi connectivity index (χ3n) is 7.31. The van der Waals surface area contributed by atoms with Gasteiger partial charge in [0, 0.05) is 26.7 Å². The molecule has 14 nitrogen and oxygen atoms in total. The van der Waals surface area contributed by atoms with Crippen LogP contribution in [-0.2, 0) is 4.79 Å². The molecule has 33 heavy (non-hydrogen) atoms. The zero-order chi connectivity index (χ0) is 23.5. The van der Waals surface area contributed by atoms with E-state index in [0.717, 1.165) is 24.2 Å². The molecular formula is C19H30N10O4. The molecule has 5 aliphatic rings. The van der Waals surface area contributed by atoms with Gasteiger partial charge in [0.15, 0.2) is 17.6 Å². The van der Waals surface area contributed by atoms with Crippen molar-refractivity contribution in [1.82, 2.24) is 40.9 Å². The van der Waals surface area contributed by atoms with Crippen molar-refractivity contribution in [2.75, 3.05) is 39.8 Å². The first-order chi connectivity index (χ1) is 15.7. The summed E-state index contributed by atoms with van der Waals surface area (Å²) in [4.78, 5) is 43.3. The highest BCUT2D eigenvalue weighted by molar-refractivity contribution is 6.02. The predicted octanol–water partition coefficient (Wildman–Crippen LogP) is -2.78. The largest absolute Gasteiger partial charge is 0.386 e. The lowest BCUT2D eigenvalue weighted by molar-refractivity contribution is -0.125. The van der Waals surface area contributed by atoms with Gasteiger partial charge < -0.3 is 41.1 Å². The third-order valence-corrected chi connectivity index (χ3v) is 7.31. The van der Waals surface area contributed by atoms with Crippen LogP contribution in [0.1, 0.15) is 19.3 Å². The Hall–Kier alpha value is -3.29. The van der Waals surface area contributed by atoms with Crippen molar-refractivity contribution in [2.24, 2.45) is 0 Å². The highest BCUT2D eigenvalue weighted by Crippen LogP contribution is 2.38. The van der Waals surface area contributed by atoms with Gasteiger partial charge in [-0.2, -0.15) is 0 Å². The second-order valence-corrected chi connectivity index (χ2v) is 9.35. The molecule has 0 radical (unpaired) electrons. The molecule has 3 unspecified atom stereocenters. The van der Waals surface area contributed by atoms with Crippen LogP contribution in [0.4, 0.5) is 9.59 Å². The first kappa shape index (κ1) is 21.6. The molecule has 5 atom stereocenters. The third kappa shape index (κ3) is 3.22. The molecular weight excluding hydrogens is 432 g/mol. The number of aliphatic hydroxyl groups excluding tert-OH is 1. The molecule has 7 N–H and O–H groups in total. The molecule has 5 fully saturated rings. The van der Waals surface area contributed by atoms with E-state index in [9.17, 15) is 19.5 Å². The Balaban J connectivity index is 1.38. The average molecular weight is 463 g/mol. The molecule has 1 spiro atoms. The summed E-state index contributed by atoms with van der Waals surface area (Å²) in [6, 6.07) is -2.62. The Kier molecular flexibility index (Phi) is 4.99. The monoisotopic (exact) mass is 462 g/mol. The number of amides is 5. The van der Waals surface area contributed by atoms with Crippen molar-refractivity contribution >= 4 is 29.9 Å². The number of imide groups is 1. The smallest absolute Gasteiger partial charge is 0.327 e. The molecule has 0 aromatic heterocycles. The zero-order valence-corrected chi connectivity index (χ0v) is 18.4. The van der Waals surface area contributed by atoms with Gasteiger partial charge in [0.05, 0.1) is 24.7 Å². The Morgan fingerprint density at radius 1 is 1.21 bits per heavy atom. The Bertz CT molecular complexity index is 907. The van der Waals surface area contributed by atoms with Crippen LogP contribution in [-0.4, -0.2) is 124 Å². The van der Waals surface area contributed by atoms with Gasteiger partial charge in [-0.25, -0.2) is 9.59 Å². The topological polar surface area (TPSA) is 180 Å². The van der Waals surface area contributed by atoms with E-state index in [1.807, 2.05) is 0 Å². The lowest BCUT2D eigenvalue weighted by atomic mass is 9.87. The second-order valence-electron chi connectivity index (χ2n) is 9.35. The van der Waals surface area contributed by atoms with Crippen LogP contribution in [0.15, 0.2) is 0 Å². The molecule has 5 amide bonds. The quantitative estimate of drug-likeness (QED) is 0.220. The van der Waals surface area contributed by atoms with Crippen LogP contribution >= 0.6 is 0 Å². The maximum atomic E-state index is 12.8. The zero-order valence-electron chi connectivity index (χ0n) is 18.4. The minimum Gasteiger partial charge on any atom is -0.386 e. The van der Waals surface area contributed by atoms with E-state index in [-0.39, 0.29) is 43.5 Å². The van der Waals surface area contributed by atoms with Gasteiger partial charge in [-0.05, 0) is 19.3 Å². The Morgan fingerprint density at radius 3 is 2.61 bits per heavy atom. The number of nitrogens with zero attached hydrogens (tertiary/aromatic N) is 4. The van der Waals surface area contributed by atoms with Crippen LogP contribution in [0, 0.1) is 10.8 Å². The standard InChI is InChI=1S/C19H30N10O4/c1-26-9-12(30)28(18(26)33)7-10-13-19(25-15(20)24-13)14(31)11(8-29(19)16(21)22-10)23-17(32)27-5-3-2-4-6-27/h10-11,13-14,31H,2-9H2,1H3,(H2,21,22)(H,23,32)(H3,20,24,25)/t10-,11-,13?,14?,19?/m0/s1. The van der Waals surface area contributed by atoms with E-state index < -0.39 is 35.9 Å². The Morgan fingerprint density at radius 2 is 1.94 bits per heavy atom. The Labute approximate surface area is 190 Å². The van der Waals surface area contributed by atoms with Crippen LogP contribution in [0.25, 0.3) is 0 Å². The number of guanidine groups is 2. The number of nitrogens with one attached hydrogen (secondary N) is 6. The molecule has 5 aliphatic heterocycles. The van der Waals surface area contributed by atoms with Gasteiger partial charge in [-0.3, -0.25) is 20.5 Å². The molecule has 5 heterocycles. The normalized spacial score (nSPS) is 35.8. The summed E-state index contributed by atoms with van der Waals surface area (Å²) in [5, 5.41) is 40.1. The molecule has 0 aromatic carbocycles. The molecule has 0 aromatic rings. The number of piperidine rings is 1. The predicted molar refractivity (Wildman–Crippen MR) is 115 cm³/mol. The lowest BCUT2D eigenvalue weighted by Crippen LogP contribution is -2.78. The number of likely N-dealkylation sites (tertiary alicyclic amines) is 1. The minimum absolute atomic E-state index is 0.0125. The SMILES string of the molecule is CN1CC(=O)N(C[C@@H]2NC(=N)N3C[C@H](NC(=O)N4CCCCC4)C(O)C34NC(=N)NC24)C1=O. The van der Waals surface area contributed by atoms with Crippen LogP contribution in [0.3, 0.4) is 0 Å². The molecule has 180 valence electrons. The number of aliphatic hydroxyl groups is 1. The van der Waals surface area contributed by atoms with E-state index in [4.69, 9.17) is 10.8 Å². The molecule has 0 saturated carbocycles. The van der Waals surface area contributed by atoms with E-state index in [2.05, 4.69) is 21.3 Å². The van der Waals surface area contributed by atoms with Crippen molar-refractivity contribution in [3.8, 4) is 0 Å². The van der Waals surface area contributed by atoms with Crippen LogP contribution in [0.5, 0.6) is 0 Å². The summed E-state index contributed by atoms with van der Waals surface area (Å²) in [6.45, 7) is 1.47. The average Bonchev–Trinajstić information content (AvgIpc) is 3.37. The van der Waals surface area contributed by atoms with Gasteiger partial charge in [0.2, 0.25) is 5.91 Å². The number of carbonyl (C=O) groups is 3. The van der Waals surface area contributed by atoms with Gasteiger partial charge in [0.1, 0.15) is 12.6 Å². The van der Waals surface area contributed by atoms with Crippen LogP contribution < -0.4 is 21.3 Å². The van der Waals surface area contributed by atoms with Crippen molar-refractivity contribution in [3.05, 3.63) is 0 Å². The maximum absolute atomic E-state index is 12.8. The second kappa shape index (κ2) is 7.64. The molecule has 5 saturated heterocycles. The minimum atomic E-state index is -1.28. The van der Waals surface area contributed by atoms with Gasteiger partial charge in [-0.1, -0.05) is 0 Å². The first-order valence-electron chi connectivity index (χ1n) is 11.3. The fraction of sp³-hybridized carbons (Fsp3) is 0.737. The van der Waals surface area contributed by atoms with E-state index in [0.29, 0.717) is 13.1 Å². The maximum Gasteiger partial charge on any atom is 0.327 e. The van der Waals surface area contributed by atoms with Crippen molar-refractivity contribution in [1.29, 1.82) is 10.8 Å².